The maximum atomic E-state index is 12.3. The number of benzene rings is 1. The van der Waals surface area contributed by atoms with E-state index in [2.05, 4.69) is 4.72 Å². The molecule has 0 aromatic heterocycles. The van der Waals surface area contributed by atoms with Gasteiger partial charge in [-0.1, -0.05) is 23.7 Å². The minimum Gasteiger partial charge on any atom is -0.444 e. The van der Waals surface area contributed by atoms with Crippen molar-refractivity contribution in [2.45, 2.75) is 44.6 Å². The Kier molecular flexibility index (Phi) is 5.78. The summed E-state index contributed by atoms with van der Waals surface area (Å²) in [6.07, 6.45) is 0.154. The first-order valence-corrected chi connectivity index (χ1v) is 9.79. The molecule has 0 spiro atoms. The minimum absolute atomic E-state index is 0.118. The summed E-state index contributed by atoms with van der Waals surface area (Å²) in [5.41, 5.74) is 0.0948. The molecule has 1 aliphatic rings. The summed E-state index contributed by atoms with van der Waals surface area (Å²) in [6, 6.07) is 6.39. The van der Waals surface area contributed by atoms with E-state index in [0.717, 1.165) is 0 Å². The van der Waals surface area contributed by atoms with Crippen LogP contribution in [0.3, 0.4) is 0 Å². The fourth-order valence-corrected chi connectivity index (χ4v) is 3.99. The second-order valence-corrected chi connectivity index (χ2v) is 9.11. The molecule has 1 fully saturated rings. The first-order chi connectivity index (χ1) is 11.0. The number of rotatable bonds is 4. The molecule has 134 valence electrons. The lowest BCUT2D eigenvalue weighted by molar-refractivity contribution is 0.0292. The van der Waals surface area contributed by atoms with E-state index in [-0.39, 0.29) is 11.8 Å². The third-order valence-electron chi connectivity index (χ3n) is 3.46. The Balaban J connectivity index is 1.89. The van der Waals surface area contributed by atoms with Crippen LogP contribution in [0.5, 0.6) is 0 Å². The Labute approximate surface area is 148 Å². The third-order valence-corrected chi connectivity index (χ3v) is 5.11. The van der Waals surface area contributed by atoms with Gasteiger partial charge in [-0.3, -0.25) is 0 Å². The number of halogens is 1. The van der Waals surface area contributed by atoms with Crippen molar-refractivity contribution < 1.29 is 17.9 Å². The molecule has 1 aromatic rings. The Bertz CT molecular complexity index is 683. The van der Waals surface area contributed by atoms with Crippen LogP contribution in [0.25, 0.3) is 0 Å². The van der Waals surface area contributed by atoms with Crippen molar-refractivity contribution in [2.24, 2.45) is 0 Å². The number of carbonyl (C=O) groups excluding carboxylic acids is 1. The molecule has 1 heterocycles. The van der Waals surface area contributed by atoms with Gasteiger partial charge in [0.05, 0.1) is 5.75 Å². The molecule has 1 aromatic carbocycles. The van der Waals surface area contributed by atoms with Crippen molar-refractivity contribution in [1.29, 1.82) is 0 Å². The van der Waals surface area contributed by atoms with Crippen molar-refractivity contribution in [1.82, 2.24) is 9.62 Å². The summed E-state index contributed by atoms with van der Waals surface area (Å²) in [5, 5.41) is 0.563. The second-order valence-electron chi connectivity index (χ2n) is 6.92. The standard InChI is InChI=1S/C16H23ClN2O4S/c1-16(2,3)23-15(20)19-9-8-14(10-19)18-24(21,22)11-12-4-6-13(17)7-5-12/h4-7,14,18H,8-11H2,1-3H3/t14-/m0/s1. The predicted octanol–water partition coefficient (Wildman–Crippen LogP) is 2.77. The van der Waals surface area contributed by atoms with Gasteiger partial charge in [0, 0.05) is 24.2 Å². The summed E-state index contributed by atoms with van der Waals surface area (Å²) in [4.78, 5) is 13.5. The van der Waals surface area contributed by atoms with Gasteiger partial charge in [-0.25, -0.2) is 17.9 Å². The predicted molar refractivity (Wildman–Crippen MR) is 93.4 cm³/mol. The van der Waals surface area contributed by atoms with Crippen molar-refractivity contribution >= 4 is 27.7 Å². The number of carbonyl (C=O) groups is 1. The molecule has 1 aliphatic heterocycles. The van der Waals surface area contributed by atoms with Crippen LogP contribution in [0, 0.1) is 0 Å². The molecule has 6 nitrogen and oxygen atoms in total. The van der Waals surface area contributed by atoms with Crippen molar-refractivity contribution in [3.05, 3.63) is 34.9 Å². The van der Waals surface area contributed by atoms with Crippen molar-refractivity contribution in [2.75, 3.05) is 13.1 Å². The summed E-state index contributed by atoms with van der Waals surface area (Å²) in [6.45, 7) is 6.19. The van der Waals surface area contributed by atoms with E-state index in [1.165, 1.54) is 4.90 Å². The summed E-state index contributed by atoms with van der Waals surface area (Å²) in [7, 11) is -3.49. The van der Waals surface area contributed by atoms with E-state index in [1.54, 1.807) is 45.0 Å². The maximum Gasteiger partial charge on any atom is 0.410 e. The normalized spacial score (nSPS) is 18.7. The molecule has 8 heteroatoms. The van der Waals surface area contributed by atoms with Gasteiger partial charge >= 0.3 is 6.09 Å². The number of hydrogen-bond donors (Lipinski definition) is 1. The van der Waals surface area contributed by atoms with Gasteiger partial charge in [-0.2, -0.15) is 0 Å². The summed E-state index contributed by atoms with van der Waals surface area (Å²) < 4.78 is 32.5. The van der Waals surface area contributed by atoms with Gasteiger partial charge in [0.2, 0.25) is 10.0 Å². The number of amides is 1. The van der Waals surface area contributed by atoms with E-state index in [4.69, 9.17) is 16.3 Å². The Hall–Kier alpha value is -1.31. The van der Waals surface area contributed by atoms with Crippen LogP contribution < -0.4 is 4.72 Å². The summed E-state index contributed by atoms with van der Waals surface area (Å²) >= 11 is 5.80. The lowest BCUT2D eigenvalue weighted by Gasteiger charge is -2.24. The molecule has 24 heavy (non-hydrogen) atoms. The minimum atomic E-state index is -3.49. The fraction of sp³-hybridized carbons (Fsp3) is 0.562. The maximum absolute atomic E-state index is 12.3. The largest absolute Gasteiger partial charge is 0.444 e. The topological polar surface area (TPSA) is 75.7 Å². The zero-order valence-electron chi connectivity index (χ0n) is 14.1. The van der Waals surface area contributed by atoms with Crippen molar-refractivity contribution in [3.8, 4) is 0 Å². The van der Waals surface area contributed by atoms with Gasteiger partial charge in [-0.15, -0.1) is 0 Å². The first-order valence-electron chi connectivity index (χ1n) is 7.76. The molecule has 0 unspecified atom stereocenters. The molecule has 1 atom stereocenters. The van der Waals surface area contributed by atoms with Gasteiger partial charge in [0.1, 0.15) is 5.60 Å². The van der Waals surface area contributed by atoms with Crippen LogP contribution in [-0.4, -0.2) is 44.1 Å². The lowest BCUT2D eigenvalue weighted by atomic mass is 10.2. The van der Waals surface area contributed by atoms with Gasteiger partial charge in [-0.05, 0) is 44.9 Å². The number of sulfonamides is 1. The first kappa shape index (κ1) is 19.0. The Morgan fingerprint density at radius 2 is 1.96 bits per heavy atom. The highest BCUT2D eigenvalue weighted by atomic mass is 35.5. The molecule has 0 aliphatic carbocycles. The number of nitrogens with one attached hydrogen (secondary N) is 1. The number of hydrogen-bond acceptors (Lipinski definition) is 4. The van der Waals surface area contributed by atoms with Gasteiger partial charge < -0.3 is 9.64 Å². The van der Waals surface area contributed by atoms with Crippen LogP contribution >= 0.6 is 11.6 Å². The van der Waals surface area contributed by atoms with E-state index in [0.29, 0.717) is 30.1 Å². The molecule has 0 radical (unpaired) electrons. The van der Waals surface area contributed by atoms with Crippen LogP contribution in [0.1, 0.15) is 32.8 Å². The van der Waals surface area contributed by atoms with Crippen LogP contribution in [0.15, 0.2) is 24.3 Å². The smallest absolute Gasteiger partial charge is 0.410 e. The van der Waals surface area contributed by atoms with E-state index in [1.807, 2.05) is 0 Å². The molecule has 1 N–H and O–H groups in total. The number of nitrogens with zero attached hydrogens (tertiary/aromatic N) is 1. The van der Waals surface area contributed by atoms with Crippen LogP contribution in [0.2, 0.25) is 5.02 Å². The quantitative estimate of drug-likeness (QED) is 0.879. The second kappa shape index (κ2) is 7.29. The monoisotopic (exact) mass is 374 g/mol. The summed E-state index contributed by atoms with van der Waals surface area (Å²) in [5.74, 6) is -0.118. The number of ether oxygens (including phenoxy) is 1. The lowest BCUT2D eigenvalue weighted by Crippen LogP contribution is -2.40. The molecule has 2 rings (SSSR count). The average Bonchev–Trinajstić information content (AvgIpc) is 2.87. The fourth-order valence-electron chi connectivity index (χ4n) is 2.44. The van der Waals surface area contributed by atoms with Crippen LogP contribution in [0.4, 0.5) is 4.79 Å². The molecule has 0 saturated carbocycles. The third kappa shape index (κ3) is 5.96. The SMILES string of the molecule is CC(C)(C)OC(=O)N1CC[C@H](NS(=O)(=O)Cc2ccc(Cl)cc2)C1. The molecule has 1 amide bonds. The molecular weight excluding hydrogens is 352 g/mol. The Morgan fingerprint density at radius 1 is 1.33 bits per heavy atom. The molecular formula is C16H23ClN2O4S. The van der Waals surface area contributed by atoms with E-state index < -0.39 is 21.7 Å². The highest BCUT2D eigenvalue weighted by molar-refractivity contribution is 7.88. The van der Waals surface area contributed by atoms with Crippen molar-refractivity contribution in [3.63, 3.8) is 0 Å². The van der Waals surface area contributed by atoms with E-state index >= 15 is 0 Å². The highest BCUT2D eigenvalue weighted by Gasteiger charge is 2.31. The zero-order chi connectivity index (χ0) is 18.0. The molecule has 1 saturated heterocycles. The Morgan fingerprint density at radius 3 is 2.54 bits per heavy atom. The number of likely N-dealkylation sites (tertiary alicyclic amines) is 1. The van der Waals surface area contributed by atoms with Crippen LogP contribution in [-0.2, 0) is 20.5 Å². The van der Waals surface area contributed by atoms with E-state index in [9.17, 15) is 13.2 Å². The highest BCUT2D eigenvalue weighted by Crippen LogP contribution is 2.17. The molecule has 0 bridgehead atoms. The van der Waals surface area contributed by atoms with Gasteiger partial charge in [0.15, 0.2) is 0 Å². The zero-order valence-corrected chi connectivity index (χ0v) is 15.7. The van der Waals surface area contributed by atoms with Gasteiger partial charge in [0.25, 0.3) is 0 Å². The average molecular weight is 375 g/mol.